The first-order chi connectivity index (χ1) is 13.9. The number of hydrogen-bond acceptors (Lipinski definition) is 3. The lowest BCUT2D eigenvalue weighted by Gasteiger charge is -2.25. The molecule has 1 fully saturated rings. The second-order valence-electron chi connectivity index (χ2n) is 7.21. The number of rotatable bonds is 6. The van der Waals surface area contributed by atoms with Crippen molar-refractivity contribution < 1.29 is 13.2 Å². The molecule has 2 aromatic rings. The van der Waals surface area contributed by atoms with Gasteiger partial charge in [0.05, 0.1) is 4.90 Å². The summed E-state index contributed by atoms with van der Waals surface area (Å²) in [6.45, 7) is 1.88. The van der Waals surface area contributed by atoms with Gasteiger partial charge in [-0.2, -0.15) is 4.31 Å². The van der Waals surface area contributed by atoms with E-state index in [1.165, 1.54) is 0 Å². The van der Waals surface area contributed by atoms with Crippen LogP contribution in [0, 0.1) is 0 Å². The number of hydrogen-bond donors (Lipinski definition) is 1. The summed E-state index contributed by atoms with van der Waals surface area (Å²) in [7, 11) is -1.74. The van der Waals surface area contributed by atoms with Crippen LogP contribution in [0.4, 0.5) is 4.79 Å². The van der Waals surface area contributed by atoms with Crippen molar-refractivity contribution in [3.63, 3.8) is 0 Å². The van der Waals surface area contributed by atoms with E-state index in [1.807, 2.05) is 18.2 Å². The van der Waals surface area contributed by atoms with Crippen LogP contribution in [0.3, 0.4) is 0 Å². The van der Waals surface area contributed by atoms with Gasteiger partial charge in [0, 0.05) is 38.2 Å². The molecule has 0 unspecified atom stereocenters. The van der Waals surface area contributed by atoms with Crippen molar-refractivity contribution in [3.05, 3.63) is 64.7 Å². The average molecular weight is 436 g/mol. The van der Waals surface area contributed by atoms with Gasteiger partial charge in [-0.3, -0.25) is 0 Å². The number of urea groups is 1. The molecule has 2 aromatic carbocycles. The Morgan fingerprint density at radius 2 is 1.72 bits per heavy atom. The van der Waals surface area contributed by atoms with E-state index in [4.69, 9.17) is 11.6 Å². The highest BCUT2D eigenvalue weighted by Crippen LogP contribution is 2.21. The third kappa shape index (κ3) is 5.50. The average Bonchev–Trinajstić information content (AvgIpc) is 2.74. The Morgan fingerprint density at radius 3 is 2.38 bits per heavy atom. The molecule has 0 radical (unpaired) electrons. The molecule has 2 amide bonds. The molecule has 0 bridgehead atoms. The third-order valence-corrected chi connectivity index (χ3v) is 7.31. The van der Waals surface area contributed by atoms with E-state index in [0.717, 1.165) is 30.4 Å². The topological polar surface area (TPSA) is 69.7 Å². The van der Waals surface area contributed by atoms with Gasteiger partial charge in [-0.05, 0) is 42.2 Å². The van der Waals surface area contributed by atoms with E-state index < -0.39 is 10.0 Å². The minimum Gasteiger partial charge on any atom is -0.334 e. The number of benzene rings is 2. The van der Waals surface area contributed by atoms with E-state index >= 15 is 0 Å². The summed E-state index contributed by atoms with van der Waals surface area (Å²) in [5, 5.41) is 3.47. The standard InChI is InChI=1S/C21H26ClN3O3S/c1-24(16-18-7-3-4-8-20(18)22)21(26)23-15-17-9-11-19(12-10-17)29(27,28)25-13-5-2-6-14-25/h3-4,7-12H,2,5-6,13-16H2,1H3,(H,23,26). The van der Waals surface area contributed by atoms with Crippen LogP contribution in [0.1, 0.15) is 30.4 Å². The number of nitrogens with zero attached hydrogens (tertiary/aromatic N) is 2. The molecule has 29 heavy (non-hydrogen) atoms. The molecule has 8 heteroatoms. The molecule has 1 aliphatic heterocycles. The summed E-state index contributed by atoms with van der Waals surface area (Å²) < 4.78 is 26.9. The second-order valence-corrected chi connectivity index (χ2v) is 9.56. The molecule has 1 N–H and O–H groups in total. The Morgan fingerprint density at radius 1 is 1.07 bits per heavy atom. The summed E-state index contributed by atoms with van der Waals surface area (Å²) in [5.74, 6) is 0. The molecule has 0 aromatic heterocycles. The SMILES string of the molecule is CN(Cc1ccccc1Cl)C(=O)NCc1ccc(S(=O)(=O)N2CCCCC2)cc1. The van der Waals surface area contributed by atoms with Gasteiger partial charge in [-0.15, -0.1) is 0 Å². The van der Waals surface area contributed by atoms with Crippen molar-refractivity contribution in [2.24, 2.45) is 0 Å². The number of amides is 2. The Balaban J connectivity index is 1.55. The fourth-order valence-corrected chi connectivity index (χ4v) is 5.01. The van der Waals surface area contributed by atoms with E-state index in [-0.39, 0.29) is 6.03 Å². The first-order valence-electron chi connectivity index (χ1n) is 9.69. The predicted octanol–water partition coefficient (Wildman–Crippen LogP) is 3.86. The zero-order valence-corrected chi connectivity index (χ0v) is 18.0. The molecule has 0 aliphatic carbocycles. The van der Waals surface area contributed by atoms with Crippen molar-refractivity contribution in [2.45, 2.75) is 37.2 Å². The van der Waals surface area contributed by atoms with Crippen LogP contribution in [0.15, 0.2) is 53.4 Å². The van der Waals surface area contributed by atoms with Gasteiger partial charge in [0.15, 0.2) is 0 Å². The second kappa shape index (κ2) is 9.61. The number of nitrogens with one attached hydrogen (secondary N) is 1. The summed E-state index contributed by atoms with van der Waals surface area (Å²) in [6, 6.07) is 13.9. The van der Waals surface area contributed by atoms with Gasteiger partial charge >= 0.3 is 6.03 Å². The maximum absolute atomic E-state index is 12.7. The van der Waals surface area contributed by atoms with Crippen LogP contribution in [0.25, 0.3) is 0 Å². The highest BCUT2D eigenvalue weighted by Gasteiger charge is 2.25. The van der Waals surface area contributed by atoms with Crippen LogP contribution in [0.2, 0.25) is 5.02 Å². The van der Waals surface area contributed by atoms with Gasteiger partial charge in [0.2, 0.25) is 10.0 Å². The molecular formula is C21H26ClN3O3S. The molecule has 0 spiro atoms. The molecule has 1 saturated heterocycles. The molecule has 0 atom stereocenters. The lowest BCUT2D eigenvalue weighted by atomic mass is 10.2. The van der Waals surface area contributed by atoms with Crippen LogP contribution in [0.5, 0.6) is 0 Å². The number of halogens is 1. The summed E-state index contributed by atoms with van der Waals surface area (Å²) >= 11 is 6.14. The number of piperidine rings is 1. The molecule has 1 heterocycles. The van der Waals surface area contributed by atoms with Crippen molar-refractivity contribution in [2.75, 3.05) is 20.1 Å². The molecule has 1 aliphatic rings. The lowest BCUT2D eigenvalue weighted by Crippen LogP contribution is -2.36. The van der Waals surface area contributed by atoms with Crippen molar-refractivity contribution in [1.29, 1.82) is 0 Å². The van der Waals surface area contributed by atoms with E-state index in [1.54, 1.807) is 46.6 Å². The maximum atomic E-state index is 12.7. The largest absolute Gasteiger partial charge is 0.334 e. The molecule has 6 nitrogen and oxygen atoms in total. The summed E-state index contributed by atoms with van der Waals surface area (Å²) in [5.41, 5.74) is 1.71. The van der Waals surface area contributed by atoms with Crippen molar-refractivity contribution >= 4 is 27.7 Å². The normalized spacial score (nSPS) is 15.1. The zero-order valence-electron chi connectivity index (χ0n) is 16.5. The van der Waals surface area contributed by atoms with Crippen LogP contribution in [-0.4, -0.2) is 43.8 Å². The smallest absolute Gasteiger partial charge is 0.317 e. The first-order valence-corrected chi connectivity index (χ1v) is 11.5. The van der Waals surface area contributed by atoms with Gasteiger partial charge in [-0.1, -0.05) is 48.4 Å². The number of sulfonamides is 1. The highest BCUT2D eigenvalue weighted by molar-refractivity contribution is 7.89. The highest BCUT2D eigenvalue weighted by atomic mass is 35.5. The first kappa shape index (κ1) is 21.6. The van der Waals surface area contributed by atoms with Crippen LogP contribution in [-0.2, 0) is 23.1 Å². The van der Waals surface area contributed by atoms with Gasteiger partial charge in [0.1, 0.15) is 0 Å². The zero-order chi connectivity index (χ0) is 20.9. The fourth-order valence-electron chi connectivity index (χ4n) is 3.30. The van der Waals surface area contributed by atoms with Gasteiger partial charge in [0.25, 0.3) is 0 Å². The van der Waals surface area contributed by atoms with E-state index in [9.17, 15) is 13.2 Å². The quantitative estimate of drug-likeness (QED) is 0.749. The van der Waals surface area contributed by atoms with Crippen LogP contribution < -0.4 is 5.32 Å². The predicted molar refractivity (Wildman–Crippen MR) is 114 cm³/mol. The van der Waals surface area contributed by atoms with Crippen molar-refractivity contribution in [1.82, 2.24) is 14.5 Å². The minimum atomic E-state index is -3.44. The molecule has 0 saturated carbocycles. The fraction of sp³-hybridized carbons (Fsp3) is 0.381. The summed E-state index contributed by atoms with van der Waals surface area (Å²) in [6.07, 6.45) is 2.89. The van der Waals surface area contributed by atoms with Gasteiger partial charge in [-0.25, -0.2) is 13.2 Å². The van der Waals surface area contributed by atoms with Crippen molar-refractivity contribution in [3.8, 4) is 0 Å². The van der Waals surface area contributed by atoms with E-state index in [0.29, 0.717) is 36.1 Å². The molecule has 3 rings (SSSR count). The Bertz CT molecular complexity index is 942. The lowest BCUT2D eigenvalue weighted by molar-refractivity contribution is 0.206. The maximum Gasteiger partial charge on any atom is 0.317 e. The monoisotopic (exact) mass is 435 g/mol. The summed E-state index contributed by atoms with van der Waals surface area (Å²) in [4.78, 5) is 14.2. The van der Waals surface area contributed by atoms with E-state index in [2.05, 4.69) is 5.32 Å². The van der Waals surface area contributed by atoms with Gasteiger partial charge < -0.3 is 10.2 Å². The molecule has 156 valence electrons. The number of carbonyl (C=O) groups excluding carboxylic acids is 1. The Kier molecular flexibility index (Phi) is 7.16. The molecular weight excluding hydrogens is 410 g/mol. The Labute approximate surface area is 177 Å². The minimum absolute atomic E-state index is 0.227. The Hall–Kier alpha value is -2.09. The third-order valence-electron chi connectivity index (χ3n) is 5.03. The van der Waals surface area contributed by atoms with Crippen LogP contribution >= 0.6 is 11.6 Å². The number of carbonyl (C=O) groups is 1.